The van der Waals surface area contributed by atoms with Gasteiger partial charge in [0.15, 0.2) is 0 Å². The largest absolute Gasteiger partial charge is 0.369 e. The molecule has 0 atom stereocenters. The Morgan fingerprint density at radius 1 is 0.897 bits per heavy atom. The first-order valence-corrected chi connectivity index (χ1v) is 10.7. The van der Waals surface area contributed by atoms with Gasteiger partial charge in [-0.05, 0) is 44.4 Å². The monoisotopic (exact) mass is 400 g/mol. The fraction of sp³-hybridized carbons (Fsp3) is 0.591. The summed E-state index contributed by atoms with van der Waals surface area (Å²) in [6.45, 7) is 9.02. The summed E-state index contributed by atoms with van der Waals surface area (Å²) in [7, 11) is 0. The van der Waals surface area contributed by atoms with E-state index >= 15 is 0 Å². The van der Waals surface area contributed by atoms with Crippen LogP contribution in [0.2, 0.25) is 0 Å². The number of anilines is 1. The van der Waals surface area contributed by atoms with Crippen LogP contribution < -0.4 is 10.2 Å². The third-order valence-corrected chi connectivity index (χ3v) is 6.36. The third-order valence-electron chi connectivity index (χ3n) is 6.36. The standard InChI is InChI=1S/C22H32N4O3/c1-3-22(4-2)19(27)23-21(29)26(20(22)28)13-9-8-12-24-14-16-25(17-15-24)18-10-6-5-7-11-18/h5-7,10-11H,3-4,8-9,12-17H2,1-2H3,(H,23,27,29). The number of carbonyl (C=O) groups is 3. The number of imide groups is 2. The zero-order chi connectivity index (χ0) is 20.9. The summed E-state index contributed by atoms with van der Waals surface area (Å²) < 4.78 is 0. The van der Waals surface area contributed by atoms with Crippen molar-refractivity contribution in [1.82, 2.24) is 15.1 Å². The summed E-state index contributed by atoms with van der Waals surface area (Å²) in [5.41, 5.74) is 0.174. The normalized spacial score (nSPS) is 20.1. The number of amides is 4. The van der Waals surface area contributed by atoms with Gasteiger partial charge in [-0.25, -0.2) is 4.79 Å². The van der Waals surface area contributed by atoms with Crippen LogP contribution in [-0.4, -0.2) is 66.9 Å². The second-order valence-corrected chi connectivity index (χ2v) is 7.88. The van der Waals surface area contributed by atoms with Crippen LogP contribution in [0.1, 0.15) is 39.5 Å². The van der Waals surface area contributed by atoms with Crippen molar-refractivity contribution in [2.45, 2.75) is 39.5 Å². The molecule has 158 valence electrons. The van der Waals surface area contributed by atoms with Crippen LogP contribution in [0.5, 0.6) is 0 Å². The number of barbiturate groups is 1. The van der Waals surface area contributed by atoms with E-state index in [9.17, 15) is 14.4 Å². The molecule has 7 heteroatoms. The smallest absolute Gasteiger partial charge is 0.330 e. The Labute approximate surface area is 173 Å². The van der Waals surface area contributed by atoms with Gasteiger partial charge in [-0.15, -0.1) is 0 Å². The molecule has 2 aliphatic rings. The first kappa shape index (κ1) is 21.3. The van der Waals surface area contributed by atoms with E-state index in [0.29, 0.717) is 19.4 Å². The highest BCUT2D eigenvalue weighted by atomic mass is 16.2. The molecule has 2 saturated heterocycles. The quantitative estimate of drug-likeness (QED) is 0.536. The van der Waals surface area contributed by atoms with Crippen molar-refractivity contribution in [1.29, 1.82) is 0 Å². The number of unbranched alkanes of at least 4 members (excludes halogenated alkanes) is 1. The maximum absolute atomic E-state index is 12.8. The third kappa shape index (κ3) is 4.45. The van der Waals surface area contributed by atoms with Crippen molar-refractivity contribution in [3.8, 4) is 0 Å². The lowest BCUT2D eigenvalue weighted by molar-refractivity contribution is -0.152. The van der Waals surface area contributed by atoms with Crippen molar-refractivity contribution in [2.24, 2.45) is 5.41 Å². The number of hydrogen-bond donors (Lipinski definition) is 1. The first-order valence-electron chi connectivity index (χ1n) is 10.7. The molecule has 1 aromatic carbocycles. The Hall–Kier alpha value is -2.41. The Kier molecular flexibility index (Phi) is 6.90. The van der Waals surface area contributed by atoms with E-state index in [0.717, 1.165) is 45.6 Å². The molecule has 2 fully saturated rings. The van der Waals surface area contributed by atoms with E-state index in [2.05, 4.69) is 39.4 Å². The minimum Gasteiger partial charge on any atom is -0.369 e. The molecule has 29 heavy (non-hydrogen) atoms. The summed E-state index contributed by atoms with van der Waals surface area (Å²) in [5.74, 6) is -0.794. The highest BCUT2D eigenvalue weighted by Crippen LogP contribution is 2.32. The van der Waals surface area contributed by atoms with Gasteiger partial charge in [0.1, 0.15) is 5.41 Å². The zero-order valence-corrected chi connectivity index (χ0v) is 17.5. The van der Waals surface area contributed by atoms with Gasteiger partial charge in [-0.1, -0.05) is 32.0 Å². The van der Waals surface area contributed by atoms with Gasteiger partial charge >= 0.3 is 6.03 Å². The minimum atomic E-state index is -1.10. The predicted molar refractivity (Wildman–Crippen MR) is 113 cm³/mol. The molecule has 0 spiro atoms. The Morgan fingerprint density at radius 2 is 1.52 bits per heavy atom. The molecule has 3 rings (SSSR count). The van der Waals surface area contributed by atoms with Crippen molar-refractivity contribution in [3.05, 3.63) is 30.3 Å². The van der Waals surface area contributed by atoms with Crippen LogP contribution in [0.3, 0.4) is 0 Å². The molecule has 0 bridgehead atoms. The summed E-state index contributed by atoms with van der Waals surface area (Å²) in [5, 5.41) is 2.37. The summed E-state index contributed by atoms with van der Waals surface area (Å²) in [6, 6.07) is 9.89. The molecule has 7 nitrogen and oxygen atoms in total. The van der Waals surface area contributed by atoms with Gasteiger partial charge in [0, 0.05) is 38.4 Å². The predicted octanol–water partition coefficient (Wildman–Crippen LogP) is 2.47. The van der Waals surface area contributed by atoms with Crippen molar-refractivity contribution < 1.29 is 14.4 Å². The molecular formula is C22H32N4O3. The average Bonchev–Trinajstić information content (AvgIpc) is 2.75. The molecule has 0 unspecified atom stereocenters. The van der Waals surface area contributed by atoms with E-state index in [1.54, 1.807) is 0 Å². The first-order chi connectivity index (χ1) is 14.0. The molecular weight excluding hydrogens is 368 g/mol. The zero-order valence-electron chi connectivity index (χ0n) is 17.5. The molecule has 0 radical (unpaired) electrons. The molecule has 2 aliphatic heterocycles. The van der Waals surface area contributed by atoms with Crippen LogP contribution in [0.15, 0.2) is 30.3 Å². The van der Waals surface area contributed by atoms with Crippen LogP contribution in [0.4, 0.5) is 10.5 Å². The van der Waals surface area contributed by atoms with Gasteiger partial charge in [0.2, 0.25) is 11.8 Å². The molecule has 4 amide bonds. The van der Waals surface area contributed by atoms with Crippen LogP contribution in [0.25, 0.3) is 0 Å². The van der Waals surface area contributed by atoms with E-state index in [1.165, 1.54) is 10.6 Å². The van der Waals surface area contributed by atoms with Crippen molar-refractivity contribution in [2.75, 3.05) is 44.2 Å². The van der Waals surface area contributed by atoms with Crippen molar-refractivity contribution in [3.63, 3.8) is 0 Å². The second kappa shape index (κ2) is 9.39. The van der Waals surface area contributed by atoms with E-state index < -0.39 is 17.4 Å². The molecule has 0 aliphatic carbocycles. The van der Waals surface area contributed by atoms with E-state index in [1.807, 2.05) is 19.9 Å². The van der Waals surface area contributed by atoms with Crippen LogP contribution in [-0.2, 0) is 9.59 Å². The van der Waals surface area contributed by atoms with E-state index in [4.69, 9.17) is 0 Å². The fourth-order valence-corrected chi connectivity index (χ4v) is 4.28. The summed E-state index contributed by atoms with van der Waals surface area (Å²) in [6.07, 6.45) is 2.48. The molecule has 1 N–H and O–H groups in total. The number of hydrogen-bond acceptors (Lipinski definition) is 5. The average molecular weight is 401 g/mol. The Morgan fingerprint density at radius 3 is 2.14 bits per heavy atom. The number of nitrogens with zero attached hydrogens (tertiary/aromatic N) is 3. The van der Waals surface area contributed by atoms with Crippen LogP contribution in [0, 0.1) is 5.41 Å². The Bertz CT molecular complexity index is 725. The number of carbonyl (C=O) groups excluding carboxylic acids is 3. The van der Waals surface area contributed by atoms with Gasteiger partial charge in [-0.2, -0.15) is 0 Å². The number of urea groups is 1. The summed E-state index contributed by atoms with van der Waals surface area (Å²) in [4.78, 5) is 43.3. The number of benzene rings is 1. The number of rotatable bonds is 8. The SMILES string of the molecule is CCC1(CC)C(=O)NC(=O)N(CCCCN2CCN(c3ccccc3)CC2)C1=O. The lowest BCUT2D eigenvalue weighted by atomic mass is 9.78. The van der Waals surface area contributed by atoms with E-state index in [-0.39, 0.29) is 5.91 Å². The van der Waals surface area contributed by atoms with Gasteiger partial charge in [-0.3, -0.25) is 24.7 Å². The molecule has 0 saturated carbocycles. The highest BCUT2D eigenvalue weighted by Gasteiger charge is 2.51. The van der Waals surface area contributed by atoms with Gasteiger partial charge in [0.05, 0.1) is 0 Å². The lowest BCUT2D eigenvalue weighted by Gasteiger charge is -2.38. The lowest BCUT2D eigenvalue weighted by Crippen LogP contribution is -2.63. The maximum Gasteiger partial charge on any atom is 0.330 e. The molecule has 2 heterocycles. The van der Waals surface area contributed by atoms with Gasteiger partial charge < -0.3 is 4.90 Å². The van der Waals surface area contributed by atoms with Gasteiger partial charge in [0.25, 0.3) is 0 Å². The highest BCUT2D eigenvalue weighted by molar-refractivity contribution is 6.19. The summed E-state index contributed by atoms with van der Waals surface area (Å²) >= 11 is 0. The number of piperazine rings is 1. The maximum atomic E-state index is 12.8. The second-order valence-electron chi connectivity index (χ2n) is 7.88. The topological polar surface area (TPSA) is 73.0 Å². The van der Waals surface area contributed by atoms with Crippen molar-refractivity contribution >= 4 is 23.5 Å². The molecule has 0 aromatic heterocycles. The fourth-order valence-electron chi connectivity index (χ4n) is 4.28. The molecule has 1 aromatic rings. The number of nitrogens with one attached hydrogen (secondary N) is 1. The van der Waals surface area contributed by atoms with Crippen LogP contribution >= 0.6 is 0 Å². The number of para-hydroxylation sites is 1. The Balaban J connectivity index is 1.43. The minimum absolute atomic E-state index is 0.340.